The molecule has 6 heteroatoms. The minimum Gasteiger partial charge on any atom is -0.316 e. The number of benzene rings is 1. The molecule has 1 atom stereocenters. The summed E-state index contributed by atoms with van der Waals surface area (Å²) >= 11 is 3.39. The van der Waals surface area contributed by atoms with Crippen molar-refractivity contribution in [3.05, 3.63) is 28.2 Å². The van der Waals surface area contributed by atoms with Crippen LogP contribution in [0.1, 0.15) is 33.3 Å². The monoisotopic (exact) mass is 376 g/mol. The molecule has 1 aromatic carbocycles. The molecule has 120 valence electrons. The van der Waals surface area contributed by atoms with Gasteiger partial charge < -0.3 is 5.32 Å². The third kappa shape index (κ3) is 4.28. The summed E-state index contributed by atoms with van der Waals surface area (Å²) < 4.78 is 27.6. The second kappa shape index (κ2) is 6.77. The highest BCUT2D eigenvalue weighted by Crippen LogP contribution is 2.31. The van der Waals surface area contributed by atoms with Crippen LogP contribution in [0.2, 0.25) is 0 Å². The molecule has 0 fully saturated rings. The second-order valence-corrected chi connectivity index (χ2v) is 9.18. The lowest BCUT2D eigenvalue weighted by Gasteiger charge is -2.34. The van der Waals surface area contributed by atoms with E-state index in [0.29, 0.717) is 15.9 Å². The Balaban J connectivity index is 3.19. The highest BCUT2D eigenvalue weighted by atomic mass is 79.9. The van der Waals surface area contributed by atoms with E-state index in [-0.39, 0.29) is 11.5 Å². The molecule has 0 aliphatic rings. The molecule has 0 aliphatic carbocycles. The van der Waals surface area contributed by atoms with Crippen LogP contribution in [0.25, 0.3) is 0 Å². The number of hydrogen-bond acceptors (Lipinski definition) is 3. The maximum atomic E-state index is 12.8. The molecule has 0 amide bonds. The summed E-state index contributed by atoms with van der Waals surface area (Å²) in [6.45, 7) is 8.74. The van der Waals surface area contributed by atoms with E-state index in [2.05, 4.69) is 21.2 Å². The van der Waals surface area contributed by atoms with Gasteiger partial charge in [-0.05, 0) is 53.0 Å². The van der Waals surface area contributed by atoms with Crippen LogP contribution < -0.4 is 5.32 Å². The van der Waals surface area contributed by atoms with Crippen molar-refractivity contribution in [3.63, 3.8) is 0 Å². The van der Waals surface area contributed by atoms with Crippen LogP contribution >= 0.6 is 15.9 Å². The Morgan fingerprint density at radius 1 is 1.33 bits per heavy atom. The molecule has 0 saturated carbocycles. The fourth-order valence-electron chi connectivity index (χ4n) is 1.98. The van der Waals surface area contributed by atoms with Crippen molar-refractivity contribution in [1.29, 1.82) is 0 Å². The van der Waals surface area contributed by atoms with Crippen molar-refractivity contribution in [2.75, 3.05) is 14.1 Å². The Morgan fingerprint density at radius 3 is 2.33 bits per heavy atom. The lowest BCUT2D eigenvalue weighted by atomic mass is 9.88. The van der Waals surface area contributed by atoms with Gasteiger partial charge in [-0.15, -0.1) is 0 Å². The van der Waals surface area contributed by atoms with Crippen LogP contribution in [0.4, 0.5) is 0 Å². The molecule has 1 rings (SSSR count). The van der Waals surface area contributed by atoms with Gasteiger partial charge in [0, 0.05) is 24.1 Å². The molecule has 0 heterocycles. The van der Waals surface area contributed by atoms with Gasteiger partial charge in [-0.3, -0.25) is 0 Å². The topological polar surface area (TPSA) is 49.4 Å². The van der Waals surface area contributed by atoms with Crippen molar-refractivity contribution in [2.45, 2.75) is 45.2 Å². The molecule has 0 radical (unpaired) electrons. The molecular formula is C15H25BrN2O2S. The van der Waals surface area contributed by atoms with E-state index in [4.69, 9.17) is 0 Å². The fraction of sp³-hybridized carbons (Fsp3) is 0.600. The highest BCUT2D eigenvalue weighted by Gasteiger charge is 2.33. The quantitative estimate of drug-likeness (QED) is 0.857. The van der Waals surface area contributed by atoms with Gasteiger partial charge in [-0.2, -0.15) is 4.31 Å². The van der Waals surface area contributed by atoms with Gasteiger partial charge in [0.25, 0.3) is 0 Å². The first kappa shape index (κ1) is 18.6. The molecule has 4 nitrogen and oxygen atoms in total. The molecule has 0 saturated heterocycles. The Kier molecular flexibility index (Phi) is 6.00. The number of halogens is 1. The zero-order valence-corrected chi connectivity index (χ0v) is 16.0. The Hall–Kier alpha value is -0.430. The van der Waals surface area contributed by atoms with E-state index in [1.807, 2.05) is 46.9 Å². The second-order valence-electron chi connectivity index (χ2n) is 6.36. The van der Waals surface area contributed by atoms with E-state index in [1.165, 1.54) is 4.31 Å². The normalized spacial score (nSPS) is 14.5. The van der Waals surface area contributed by atoms with E-state index in [1.54, 1.807) is 13.1 Å². The summed E-state index contributed by atoms with van der Waals surface area (Å²) in [6, 6.07) is 5.24. The first-order chi connectivity index (χ1) is 9.51. The van der Waals surface area contributed by atoms with Gasteiger partial charge in [-0.25, -0.2) is 8.42 Å². The molecule has 0 bridgehead atoms. The van der Waals surface area contributed by atoms with Crippen molar-refractivity contribution < 1.29 is 8.42 Å². The number of rotatable bonds is 5. The maximum Gasteiger partial charge on any atom is 0.244 e. The number of sulfonamides is 1. The standard InChI is InChI=1S/C15H25BrN2O2S/c1-11(15(2,3)4)18(6)21(19,20)14-8-7-12(10-17-5)9-13(14)16/h7-9,11,17H,10H2,1-6H3. The summed E-state index contributed by atoms with van der Waals surface area (Å²) in [5.74, 6) is 0. The minimum absolute atomic E-state index is 0.105. The molecule has 21 heavy (non-hydrogen) atoms. The van der Waals surface area contributed by atoms with Crippen LogP contribution in [0.5, 0.6) is 0 Å². The highest BCUT2D eigenvalue weighted by molar-refractivity contribution is 9.10. The average molecular weight is 377 g/mol. The smallest absolute Gasteiger partial charge is 0.244 e. The van der Waals surface area contributed by atoms with Crippen molar-refractivity contribution in [1.82, 2.24) is 9.62 Å². The number of nitrogens with one attached hydrogen (secondary N) is 1. The molecule has 1 aromatic rings. The number of nitrogens with zero attached hydrogens (tertiary/aromatic N) is 1. The van der Waals surface area contributed by atoms with Gasteiger partial charge >= 0.3 is 0 Å². The van der Waals surface area contributed by atoms with E-state index in [9.17, 15) is 8.42 Å². The zero-order valence-electron chi connectivity index (χ0n) is 13.6. The van der Waals surface area contributed by atoms with Crippen LogP contribution in [-0.2, 0) is 16.6 Å². The SMILES string of the molecule is CNCc1ccc(S(=O)(=O)N(C)C(C)C(C)(C)C)c(Br)c1. The third-order valence-corrected chi connectivity index (χ3v) is 6.74. The van der Waals surface area contributed by atoms with Crippen LogP contribution in [0, 0.1) is 5.41 Å². The summed E-state index contributed by atoms with van der Waals surface area (Å²) in [6.07, 6.45) is 0. The van der Waals surface area contributed by atoms with Crippen LogP contribution in [0.3, 0.4) is 0 Å². The van der Waals surface area contributed by atoms with Crippen molar-refractivity contribution in [2.24, 2.45) is 5.41 Å². The fourth-order valence-corrected chi connectivity index (χ4v) is 4.60. The Labute approximate surface area is 137 Å². The van der Waals surface area contributed by atoms with Crippen LogP contribution in [-0.4, -0.2) is 32.9 Å². The minimum atomic E-state index is -3.52. The van der Waals surface area contributed by atoms with Crippen molar-refractivity contribution >= 4 is 26.0 Å². The van der Waals surface area contributed by atoms with E-state index >= 15 is 0 Å². The summed E-state index contributed by atoms with van der Waals surface area (Å²) in [5.41, 5.74) is 0.912. The lowest BCUT2D eigenvalue weighted by molar-refractivity contribution is 0.216. The van der Waals surface area contributed by atoms with E-state index < -0.39 is 10.0 Å². The molecule has 1 unspecified atom stereocenters. The predicted octanol–water partition coefficient (Wildman–Crippen LogP) is 3.22. The molecule has 0 aliphatic heterocycles. The van der Waals surface area contributed by atoms with Gasteiger partial charge in [-0.1, -0.05) is 26.8 Å². The number of hydrogen-bond donors (Lipinski definition) is 1. The van der Waals surface area contributed by atoms with Gasteiger partial charge in [0.15, 0.2) is 0 Å². The summed E-state index contributed by atoms with van der Waals surface area (Å²) in [4.78, 5) is 0.306. The zero-order chi connectivity index (χ0) is 16.4. The Morgan fingerprint density at radius 2 is 1.90 bits per heavy atom. The van der Waals surface area contributed by atoms with Crippen molar-refractivity contribution in [3.8, 4) is 0 Å². The van der Waals surface area contributed by atoms with Crippen LogP contribution in [0.15, 0.2) is 27.6 Å². The Bertz CT molecular complexity index is 594. The molecule has 0 spiro atoms. The maximum absolute atomic E-state index is 12.8. The largest absolute Gasteiger partial charge is 0.316 e. The molecular weight excluding hydrogens is 352 g/mol. The third-order valence-electron chi connectivity index (χ3n) is 3.83. The van der Waals surface area contributed by atoms with Gasteiger partial charge in [0.05, 0.1) is 4.90 Å². The summed E-state index contributed by atoms with van der Waals surface area (Å²) in [7, 11) is -0.0211. The first-order valence-electron chi connectivity index (χ1n) is 6.93. The first-order valence-corrected chi connectivity index (χ1v) is 9.16. The van der Waals surface area contributed by atoms with Gasteiger partial charge in [0.1, 0.15) is 0 Å². The average Bonchev–Trinajstić information content (AvgIpc) is 2.36. The lowest BCUT2D eigenvalue weighted by Crippen LogP contribution is -2.42. The molecule has 0 aromatic heterocycles. The predicted molar refractivity (Wildman–Crippen MR) is 90.8 cm³/mol. The summed E-state index contributed by atoms with van der Waals surface area (Å²) in [5, 5.41) is 3.05. The van der Waals surface area contributed by atoms with E-state index in [0.717, 1.165) is 5.56 Å². The molecule has 1 N–H and O–H groups in total. The van der Waals surface area contributed by atoms with Gasteiger partial charge in [0.2, 0.25) is 10.0 Å².